The quantitative estimate of drug-likeness (QED) is 0.428. The van der Waals surface area contributed by atoms with Gasteiger partial charge in [0, 0.05) is 35.7 Å². The maximum absolute atomic E-state index is 5.91. The van der Waals surface area contributed by atoms with Crippen LogP contribution in [0.3, 0.4) is 0 Å². The minimum absolute atomic E-state index is 0.247. The molecule has 2 aromatic rings. The highest BCUT2D eigenvalue weighted by molar-refractivity contribution is 6.30. The average molecular weight is 503 g/mol. The third-order valence-electron chi connectivity index (χ3n) is 7.37. The zero-order valence-corrected chi connectivity index (χ0v) is 21.0. The van der Waals surface area contributed by atoms with Gasteiger partial charge in [0.2, 0.25) is 0 Å². The highest BCUT2D eigenvalue weighted by Gasteiger charge is 2.40. The number of halogens is 2. The number of hydrogen-bond acceptors (Lipinski definition) is 4. The molecular weight excluding hydrogens is 471 g/mol. The van der Waals surface area contributed by atoms with Gasteiger partial charge in [-0.1, -0.05) is 53.5 Å². The fraction of sp³-hybridized carbons (Fsp3) is 0.500. The Kier molecular flexibility index (Phi) is 7.64. The van der Waals surface area contributed by atoms with Crippen molar-refractivity contribution < 1.29 is 18.9 Å². The van der Waals surface area contributed by atoms with Gasteiger partial charge < -0.3 is 18.9 Å². The molecule has 2 heterocycles. The van der Waals surface area contributed by atoms with Crippen LogP contribution in [0.1, 0.15) is 62.0 Å². The summed E-state index contributed by atoms with van der Waals surface area (Å²) in [6.07, 6.45) is 9.34. The number of hydrogen-bond donors (Lipinski definition) is 0. The largest absolute Gasteiger partial charge is 0.348 e. The Morgan fingerprint density at radius 3 is 1.71 bits per heavy atom. The second kappa shape index (κ2) is 10.7. The van der Waals surface area contributed by atoms with Crippen LogP contribution in [0.2, 0.25) is 10.0 Å². The zero-order chi connectivity index (χ0) is 23.4. The fourth-order valence-corrected chi connectivity index (χ4v) is 5.66. The SMILES string of the molecule is Clc1ccc(C2=CCC3(CC2)OCCO3)cc1.Clc1ccc(C2CCC3(CC2)OCCO3)cc1. The maximum atomic E-state index is 5.91. The van der Waals surface area contributed by atoms with Crippen LogP contribution in [0, 0.1) is 0 Å². The highest BCUT2D eigenvalue weighted by atomic mass is 35.5. The van der Waals surface area contributed by atoms with Crippen molar-refractivity contribution in [3.8, 4) is 0 Å². The van der Waals surface area contributed by atoms with E-state index in [1.54, 1.807) is 0 Å². The van der Waals surface area contributed by atoms with E-state index in [0.717, 1.165) is 81.4 Å². The molecule has 2 spiro atoms. The number of allylic oxidation sites excluding steroid dienone is 1. The molecular formula is C28H32Cl2O4. The molecule has 6 heteroatoms. The molecule has 2 aromatic carbocycles. The van der Waals surface area contributed by atoms with E-state index in [2.05, 4.69) is 30.3 Å². The molecule has 0 atom stereocenters. The summed E-state index contributed by atoms with van der Waals surface area (Å²) in [5.74, 6) is 0.0597. The number of benzene rings is 2. The van der Waals surface area contributed by atoms with E-state index in [0.29, 0.717) is 5.92 Å². The predicted octanol–water partition coefficient (Wildman–Crippen LogP) is 7.39. The van der Waals surface area contributed by atoms with Crippen molar-refractivity contribution in [2.24, 2.45) is 0 Å². The Bertz CT molecular complexity index is 964. The van der Waals surface area contributed by atoms with Gasteiger partial charge in [-0.15, -0.1) is 0 Å². The van der Waals surface area contributed by atoms with Crippen LogP contribution in [0.15, 0.2) is 54.6 Å². The molecule has 2 aliphatic carbocycles. The lowest BCUT2D eigenvalue weighted by molar-refractivity contribution is -0.178. The van der Waals surface area contributed by atoms with Crippen LogP contribution in [0.25, 0.3) is 5.57 Å². The molecule has 0 radical (unpaired) electrons. The second-order valence-corrected chi connectivity index (χ2v) is 10.4. The molecule has 182 valence electrons. The Morgan fingerprint density at radius 2 is 1.18 bits per heavy atom. The monoisotopic (exact) mass is 502 g/mol. The lowest BCUT2D eigenvalue weighted by atomic mass is 9.81. The van der Waals surface area contributed by atoms with E-state index in [1.165, 1.54) is 16.7 Å². The molecule has 0 N–H and O–H groups in total. The Morgan fingerprint density at radius 1 is 0.647 bits per heavy atom. The Labute approximate surface area is 212 Å². The van der Waals surface area contributed by atoms with Gasteiger partial charge in [0.25, 0.3) is 0 Å². The summed E-state index contributed by atoms with van der Waals surface area (Å²) in [5, 5.41) is 1.59. The highest BCUT2D eigenvalue weighted by Crippen LogP contribution is 2.42. The Hall–Kier alpha value is -1.40. The molecule has 3 fully saturated rings. The van der Waals surface area contributed by atoms with Gasteiger partial charge in [-0.2, -0.15) is 0 Å². The topological polar surface area (TPSA) is 36.9 Å². The summed E-state index contributed by atoms with van der Waals surface area (Å²) in [5.41, 5.74) is 4.01. The van der Waals surface area contributed by atoms with Gasteiger partial charge >= 0.3 is 0 Å². The third-order valence-corrected chi connectivity index (χ3v) is 7.87. The van der Waals surface area contributed by atoms with Crippen LogP contribution < -0.4 is 0 Å². The molecule has 0 amide bonds. The summed E-state index contributed by atoms with van der Waals surface area (Å²) in [6.45, 7) is 2.96. The summed E-state index contributed by atoms with van der Waals surface area (Å²) >= 11 is 11.8. The minimum atomic E-state index is -0.323. The van der Waals surface area contributed by atoms with Crippen LogP contribution in [0.4, 0.5) is 0 Å². The van der Waals surface area contributed by atoms with Gasteiger partial charge in [-0.05, 0) is 66.1 Å². The van der Waals surface area contributed by atoms with Crippen molar-refractivity contribution in [3.63, 3.8) is 0 Å². The molecule has 4 aliphatic rings. The van der Waals surface area contributed by atoms with Crippen LogP contribution in [-0.4, -0.2) is 38.0 Å². The standard InChI is InChI=1S/C14H17ClO2.C14H15ClO2/c2*15-13-3-1-11(2-4-13)12-5-7-14(8-6-12)16-9-10-17-14/h1-4,12H,5-10H2;1-5H,6-10H2. The maximum Gasteiger partial charge on any atom is 0.172 e. The van der Waals surface area contributed by atoms with Crippen molar-refractivity contribution >= 4 is 28.8 Å². The van der Waals surface area contributed by atoms with E-state index in [1.807, 2.05) is 24.3 Å². The van der Waals surface area contributed by atoms with Gasteiger partial charge in [-0.25, -0.2) is 0 Å². The fourth-order valence-electron chi connectivity index (χ4n) is 5.40. The normalized spacial score (nSPS) is 23.5. The first kappa shape index (κ1) is 24.3. The molecule has 6 rings (SSSR count). The average Bonchev–Trinajstić information content (AvgIpc) is 3.52. The van der Waals surface area contributed by atoms with Crippen LogP contribution >= 0.6 is 23.2 Å². The smallest absolute Gasteiger partial charge is 0.172 e. The van der Waals surface area contributed by atoms with Gasteiger partial charge in [0.15, 0.2) is 11.6 Å². The van der Waals surface area contributed by atoms with E-state index < -0.39 is 0 Å². The van der Waals surface area contributed by atoms with E-state index in [9.17, 15) is 0 Å². The van der Waals surface area contributed by atoms with Gasteiger partial charge in [0.05, 0.1) is 26.4 Å². The van der Waals surface area contributed by atoms with Gasteiger partial charge in [-0.3, -0.25) is 0 Å². The molecule has 0 bridgehead atoms. The summed E-state index contributed by atoms with van der Waals surface area (Å²) < 4.78 is 22.9. The molecule has 1 saturated carbocycles. The lowest BCUT2D eigenvalue weighted by Gasteiger charge is -2.35. The predicted molar refractivity (Wildman–Crippen MR) is 135 cm³/mol. The molecule has 34 heavy (non-hydrogen) atoms. The zero-order valence-electron chi connectivity index (χ0n) is 19.4. The van der Waals surface area contributed by atoms with Crippen molar-refractivity contribution in [1.82, 2.24) is 0 Å². The first-order valence-electron chi connectivity index (χ1n) is 12.3. The molecule has 0 unspecified atom stereocenters. The van der Waals surface area contributed by atoms with E-state index in [-0.39, 0.29) is 11.6 Å². The summed E-state index contributed by atoms with van der Waals surface area (Å²) in [4.78, 5) is 0. The van der Waals surface area contributed by atoms with Crippen molar-refractivity contribution in [1.29, 1.82) is 0 Å². The van der Waals surface area contributed by atoms with Crippen LogP contribution in [0.5, 0.6) is 0 Å². The summed E-state index contributed by atoms with van der Waals surface area (Å²) in [6, 6.07) is 16.2. The Balaban J connectivity index is 0.000000142. The van der Waals surface area contributed by atoms with Gasteiger partial charge in [0.1, 0.15) is 0 Å². The van der Waals surface area contributed by atoms with Crippen molar-refractivity contribution in [2.75, 3.05) is 26.4 Å². The minimum Gasteiger partial charge on any atom is -0.348 e. The molecule has 0 aromatic heterocycles. The lowest BCUT2D eigenvalue weighted by Crippen LogP contribution is -2.34. The molecule has 2 saturated heterocycles. The van der Waals surface area contributed by atoms with Crippen molar-refractivity contribution in [3.05, 3.63) is 75.8 Å². The van der Waals surface area contributed by atoms with E-state index in [4.69, 9.17) is 42.1 Å². The second-order valence-electron chi connectivity index (χ2n) is 9.48. The van der Waals surface area contributed by atoms with Crippen LogP contribution in [-0.2, 0) is 18.9 Å². The first-order chi connectivity index (χ1) is 16.5. The summed E-state index contributed by atoms with van der Waals surface area (Å²) in [7, 11) is 0. The van der Waals surface area contributed by atoms with Crippen molar-refractivity contribution in [2.45, 2.75) is 62.4 Å². The first-order valence-corrected chi connectivity index (χ1v) is 13.1. The number of rotatable bonds is 2. The molecule has 2 aliphatic heterocycles. The number of ether oxygens (including phenoxy) is 4. The van der Waals surface area contributed by atoms with E-state index >= 15 is 0 Å². The molecule has 4 nitrogen and oxygen atoms in total. The third kappa shape index (κ3) is 5.70.